The van der Waals surface area contributed by atoms with Crippen molar-refractivity contribution < 1.29 is 13.9 Å². The lowest BCUT2D eigenvalue weighted by atomic mass is 10.2. The van der Waals surface area contributed by atoms with Gasteiger partial charge in [0.05, 0.1) is 0 Å². The summed E-state index contributed by atoms with van der Waals surface area (Å²) in [5, 5.41) is 4.02. The first-order valence-corrected chi connectivity index (χ1v) is 7.46. The molecule has 1 heterocycles. The number of benzene rings is 2. The third kappa shape index (κ3) is 3.78. The number of ether oxygens (including phenoxy) is 1. The maximum Gasteiger partial charge on any atom is 0.437 e. The van der Waals surface area contributed by atoms with Crippen LogP contribution in [0, 0.1) is 6.92 Å². The SMILES string of the molecule is Cc1ccc(COC(=O)Cn2nc(-c3ccccc3)oc2=O)cc1. The maximum absolute atomic E-state index is 11.9. The number of carbonyl (C=O) groups excluding carboxylic acids is 1. The number of aromatic nitrogens is 2. The number of aryl methyl sites for hydroxylation is 1. The Kier molecular flexibility index (Phi) is 4.56. The minimum absolute atomic E-state index is 0.150. The molecule has 0 saturated heterocycles. The highest BCUT2D eigenvalue weighted by atomic mass is 16.5. The van der Waals surface area contributed by atoms with Crippen molar-refractivity contribution in [3.05, 3.63) is 76.3 Å². The number of nitrogens with zero attached hydrogens (tertiary/aromatic N) is 2. The quantitative estimate of drug-likeness (QED) is 0.674. The third-order valence-corrected chi connectivity index (χ3v) is 3.43. The Labute approximate surface area is 138 Å². The molecule has 0 radical (unpaired) electrons. The van der Waals surface area contributed by atoms with Crippen molar-refractivity contribution in [2.45, 2.75) is 20.1 Å². The summed E-state index contributed by atoms with van der Waals surface area (Å²) in [6.45, 7) is 1.84. The number of esters is 1. The van der Waals surface area contributed by atoms with Crippen LogP contribution in [0.1, 0.15) is 11.1 Å². The molecular formula is C18H16N2O4. The molecular weight excluding hydrogens is 308 g/mol. The van der Waals surface area contributed by atoms with Crippen molar-refractivity contribution >= 4 is 5.97 Å². The van der Waals surface area contributed by atoms with E-state index in [1.54, 1.807) is 12.1 Å². The summed E-state index contributed by atoms with van der Waals surface area (Å²) in [6.07, 6.45) is 0. The minimum Gasteiger partial charge on any atom is -0.459 e. The van der Waals surface area contributed by atoms with Crippen LogP contribution in [-0.4, -0.2) is 15.7 Å². The Morgan fingerprint density at radius 1 is 1.12 bits per heavy atom. The Morgan fingerprint density at radius 2 is 1.83 bits per heavy atom. The molecule has 0 bridgehead atoms. The summed E-state index contributed by atoms with van der Waals surface area (Å²) in [6, 6.07) is 16.7. The van der Waals surface area contributed by atoms with Gasteiger partial charge in [-0.2, -0.15) is 4.68 Å². The fourth-order valence-electron chi connectivity index (χ4n) is 2.12. The molecule has 24 heavy (non-hydrogen) atoms. The van der Waals surface area contributed by atoms with Gasteiger partial charge in [0.2, 0.25) is 5.89 Å². The molecule has 0 aliphatic carbocycles. The van der Waals surface area contributed by atoms with Gasteiger partial charge in [0.1, 0.15) is 13.2 Å². The standard InChI is InChI=1S/C18H16N2O4/c1-13-7-9-14(10-8-13)12-23-16(21)11-20-18(22)24-17(19-20)15-5-3-2-4-6-15/h2-10H,11-12H2,1H3. The Bertz CT molecular complexity index is 879. The molecule has 2 aromatic carbocycles. The van der Waals surface area contributed by atoms with Crippen LogP contribution in [0.4, 0.5) is 0 Å². The number of hydrogen-bond acceptors (Lipinski definition) is 5. The van der Waals surface area contributed by atoms with Crippen LogP contribution in [0.2, 0.25) is 0 Å². The van der Waals surface area contributed by atoms with Crippen LogP contribution in [0.15, 0.2) is 63.8 Å². The molecule has 0 N–H and O–H groups in total. The van der Waals surface area contributed by atoms with Gasteiger partial charge in [-0.1, -0.05) is 48.0 Å². The number of carbonyl (C=O) groups is 1. The van der Waals surface area contributed by atoms with Gasteiger partial charge in [0.15, 0.2) is 0 Å². The van der Waals surface area contributed by atoms with E-state index in [9.17, 15) is 9.59 Å². The second-order valence-corrected chi connectivity index (χ2v) is 5.34. The van der Waals surface area contributed by atoms with E-state index in [0.717, 1.165) is 15.8 Å². The van der Waals surface area contributed by atoms with E-state index in [4.69, 9.17) is 9.15 Å². The lowest BCUT2D eigenvalue weighted by Gasteiger charge is -2.04. The highest BCUT2D eigenvalue weighted by Crippen LogP contribution is 2.14. The molecule has 6 heteroatoms. The van der Waals surface area contributed by atoms with Crippen molar-refractivity contribution in [1.82, 2.24) is 9.78 Å². The topological polar surface area (TPSA) is 74.3 Å². The number of rotatable bonds is 5. The second kappa shape index (κ2) is 6.95. The van der Waals surface area contributed by atoms with Gasteiger partial charge in [-0.05, 0) is 24.6 Å². The zero-order valence-electron chi connectivity index (χ0n) is 13.1. The lowest BCUT2D eigenvalue weighted by molar-refractivity contribution is -0.146. The van der Waals surface area contributed by atoms with Gasteiger partial charge in [-0.15, -0.1) is 5.10 Å². The van der Waals surface area contributed by atoms with Crippen molar-refractivity contribution in [2.75, 3.05) is 0 Å². The van der Waals surface area contributed by atoms with E-state index in [0.29, 0.717) is 5.56 Å². The molecule has 3 rings (SSSR count). The van der Waals surface area contributed by atoms with Crippen molar-refractivity contribution in [3.8, 4) is 11.5 Å². The zero-order valence-corrected chi connectivity index (χ0v) is 13.1. The van der Waals surface area contributed by atoms with Crippen molar-refractivity contribution in [1.29, 1.82) is 0 Å². The molecule has 0 atom stereocenters. The highest BCUT2D eigenvalue weighted by Gasteiger charge is 2.13. The van der Waals surface area contributed by atoms with E-state index < -0.39 is 11.7 Å². The average Bonchev–Trinajstić information content (AvgIpc) is 2.96. The van der Waals surface area contributed by atoms with Crippen LogP contribution in [0.3, 0.4) is 0 Å². The van der Waals surface area contributed by atoms with Gasteiger partial charge < -0.3 is 9.15 Å². The van der Waals surface area contributed by atoms with Gasteiger partial charge in [0.25, 0.3) is 0 Å². The first-order valence-electron chi connectivity index (χ1n) is 7.46. The first kappa shape index (κ1) is 15.7. The van der Waals surface area contributed by atoms with Crippen LogP contribution < -0.4 is 5.76 Å². The van der Waals surface area contributed by atoms with E-state index in [1.807, 2.05) is 49.4 Å². The molecule has 0 amide bonds. The molecule has 0 unspecified atom stereocenters. The molecule has 6 nitrogen and oxygen atoms in total. The summed E-state index contributed by atoms with van der Waals surface area (Å²) in [5.41, 5.74) is 2.68. The molecule has 0 saturated carbocycles. The Hall–Kier alpha value is -3.15. The van der Waals surface area contributed by atoms with Crippen LogP contribution >= 0.6 is 0 Å². The molecule has 0 aliphatic rings. The summed E-state index contributed by atoms with van der Waals surface area (Å²) >= 11 is 0. The van der Waals surface area contributed by atoms with Crippen LogP contribution in [-0.2, 0) is 22.7 Å². The molecule has 1 aromatic heterocycles. The Morgan fingerprint density at radius 3 is 2.54 bits per heavy atom. The molecule has 0 fully saturated rings. The third-order valence-electron chi connectivity index (χ3n) is 3.43. The molecule has 3 aromatic rings. The predicted molar refractivity (Wildman–Crippen MR) is 87.2 cm³/mol. The van der Waals surface area contributed by atoms with Crippen LogP contribution in [0.25, 0.3) is 11.5 Å². The molecule has 122 valence electrons. The number of hydrogen-bond donors (Lipinski definition) is 0. The van der Waals surface area contributed by atoms with Crippen molar-refractivity contribution in [3.63, 3.8) is 0 Å². The predicted octanol–water partition coefficient (Wildman–Crippen LogP) is 2.56. The average molecular weight is 324 g/mol. The summed E-state index contributed by atoms with van der Waals surface area (Å²) < 4.78 is 11.2. The van der Waals surface area contributed by atoms with E-state index >= 15 is 0 Å². The van der Waals surface area contributed by atoms with E-state index in [2.05, 4.69) is 5.10 Å². The van der Waals surface area contributed by atoms with Gasteiger partial charge in [-0.3, -0.25) is 4.79 Å². The maximum atomic E-state index is 11.9. The zero-order chi connectivity index (χ0) is 16.9. The normalized spacial score (nSPS) is 10.5. The van der Waals surface area contributed by atoms with Gasteiger partial charge in [-0.25, -0.2) is 4.79 Å². The monoisotopic (exact) mass is 324 g/mol. The van der Waals surface area contributed by atoms with Gasteiger partial charge in [0, 0.05) is 5.56 Å². The van der Waals surface area contributed by atoms with E-state index in [-0.39, 0.29) is 19.0 Å². The fraction of sp³-hybridized carbons (Fsp3) is 0.167. The summed E-state index contributed by atoms with van der Waals surface area (Å²) in [4.78, 5) is 23.7. The van der Waals surface area contributed by atoms with Crippen LogP contribution in [0.5, 0.6) is 0 Å². The minimum atomic E-state index is -0.693. The van der Waals surface area contributed by atoms with E-state index in [1.165, 1.54) is 0 Å². The second-order valence-electron chi connectivity index (χ2n) is 5.34. The summed E-state index contributed by atoms with van der Waals surface area (Å²) in [7, 11) is 0. The molecule has 0 spiro atoms. The first-order chi connectivity index (χ1) is 11.6. The fourth-order valence-corrected chi connectivity index (χ4v) is 2.12. The summed E-state index contributed by atoms with van der Waals surface area (Å²) in [5.74, 6) is -1.07. The smallest absolute Gasteiger partial charge is 0.437 e. The lowest BCUT2D eigenvalue weighted by Crippen LogP contribution is -2.22. The van der Waals surface area contributed by atoms with Gasteiger partial charge >= 0.3 is 11.7 Å². The Balaban J connectivity index is 1.63. The highest BCUT2D eigenvalue weighted by molar-refractivity contribution is 5.69. The van der Waals surface area contributed by atoms with Crippen molar-refractivity contribution in [2.24, 2.45) is 0 Å². The largest absolute Gasteiger partial charge is 0.459 e. The molecule has 0 aliphatic heterocycles.